The van der Waals surface area contributed by atoms with Gasteiger partial charge in [-0.1, -0.05) is 18.2 Å². The van der Waals surface area contributed by atoms with Crippen LogP contribution in [0.3, 0.4) is 0 Å². The zero-order valence-corrected chi connectivity index (χ0v) is 16.1. The Kier molecular flexibility index (Phi) is 8.38. The minimum absolute atomic E-state index is 0. The SMILES string of the molecule is Cc1nn(-c2ccccc2)c(C)c1NC(=O)CN1CCNCC1.Cl.Cl. The third kappa shape index (κ3) is 5.19. The lowest BCUT2D eigenvalue weighted by atomic mass is 10.3. The Morgan fingerprint density at radius 2 is 1.80 bits per heavy atom. The van der Waals surface area contributed by atoms with E-state index in [2.05, 4.69) is 20.6 Å². The van der Waals surface area contributed by atoms with Crippen LogP contribution in [0.15, 0.2) is 30.3 Å². The van der Waals surface area contributed by atoms with E-state index in [0.717, 1.165) is 48.9 Å². The first kappa shape index (κ1) is 21.4. The van der Waals surface area contributed by atoms with E-state index in [0.29, 0.717) is 6.54 Å². The molecule has 0 radical (unpaired) electrons. The van der Waals surface area contributed by atoms with Crippen LogP contribution in [0.5, 0.6) is 0 Å². The average Bonchev–Trinajstić information content (AvgIpc) is 2.85. The van der Waals surface area contributed by atoms with Crippen LogP contribution >= 0.6 is 24.8 Å². The molecule has 2 aromatic rings. The summed E-state index contributed by atoms with van der Waals surface area (Å²) in [5.74, 6) is 0.0192. The molecular formula is C17H25Cl2N5O. The highest BCUT2D eigenvalue weighted by atomic mass is 35.5. The van der Waals surface area contributed by atoms with E-state index in [-0.39, 0.29) is 30.7 Å². The molecule has 1 aliphatic rings. The molecule has 25 heavy (non-hydrogen) atoms. The first-order chi connectivity index (χ1) is 11.1. The molecule has 0 saturated carbocycles. The number of hydrogen-bond donors (Lipinski definition) is 2. The van der Waals surface area contributed by atoms with E-state index in [4.69, 9.17) is 0 Å². The number of nitrogens with one attached hydrogen (secondary N) is 2. The number of aromatic nitrogens is 2. The molecule has 0 aliphatic carbocycles. The summed E-state index contributed by atoms with van der Waals surface area (Å²) >= 11 is 0. The molecule has 3 rings (SSSR count). The van der Waals surface area contributed by atoms with Crippen LogP contribution in [-0.2, 0) is 4.79 Å². The van der Waals surface area contributed by atoms with E-state index in [1.807, 2.05) is 48.9 Å². The highest BCUT2D eigenvalue weighted by Crippen LogP contribution is 2.22. The van der Waals surface area contributed by atoms with Crippen molar-refractivity contribution >= 4 is 36.4 Å². The summed E-state index contributed by atoms with van der Waals surface area (Å²) in [5, 5.41) is 10.9. The van der Waals surface area contributed by atoms with Crippen molar-refractivity contribution in [3.05, 3.63) is 41.7 Å². The van der Waals surface area contributed by atoms with Crippen LogP contribution in [0, 0.1) is 13.8 Å². The third-order valence-electron chi connectivity index (χ3n) is 4.13. The van der Waals surface area contributed by atoms with Crippen molar-refractivity contribution < 1.29 is 4.79 Å². The van der Waals surface area contributed by atoms with Gasteiger partial charge in [0.25, 0.3) is 0 Å². The highest BCUT2D eigenvalue weighted by molar-refractivity contribution is 5.93. The van der Waals surface area contributed by atoms with Gasteiger partial charge in [0.2, 0.25) is 5.91 Å². The molecule has 1 amide bonds. The lowest BCUT2D eigenvalue weighted by Crippen LogP contribution is -2.46. The maximum Gasteiger partial charge on any atom is 0.238 e. The Balaban J connectivity index is 0.00000156. The van der Waals surface area contributed by atoms with Gasteiger partial charge in [0.15, 0.2) is 0 Å². The summed E-state index contributed by atoms with van der Waals surface area (Å²) < 4.78 is 1.87. The molecule has 138 valence electrons. The number of halogens is 2. The van der Waals surface area contributed by atoms with E-state index in [9.17, 15) is 4.79 Å². The number of rotatable bonds is 4. The van der Waals surface area contributed by atoms with Crippen molar-refractivity contribution in [2.75, 3.05) is 38.0 Å². The van der Waals surface area contributed by atoms with Gasteiger partial charge in [-0.3, -0.25) is 9.69 Å². The number of hydrogen-bond acceptors (Lipinski definition) is 4. The summed E-state index contributed by atoms with van der Waals surface area (Å²) in [6, 6.07) is 9.95. The Hall–Kier alpha value is -1.60. The summed E-state index contributed by atoms with van der Waals surface area (Å²) in [5.41, 5.74) is 3.59. The first-order valence-corrected chi connectivity index (χ1v) is 7.99. The summed E-state index contributed by atoms with van der Waals surface area (Å²) in [6.07, 6.45) is 0. The number of nitrogens with zero attached hydrogens (tertiary/aromatic N) is 3. The summed E-state index contributed by atoms with van der Waals surface area (Å²) in [6.45, 7) is 8.04. The molecule has 1 aromatic heterocycles. The first-order valence-electron chi connectivity index (χ1n) is 7.99. The van der Waals surface area contributed by atoms with Crippen molar-refractivity contribution in [1.82, 2.24) is 20.0 Å². The molecule has 0 spiro atoms. The molecule has 0 bridgehead atoms. The van der Waals surface area contributed by atoms with E-state index in [1.54, 1.807) is 0 Å². The standard InChI is InChI=1S/C17H23N5O.2ClH/c1-13-17(19-16(23)12-21-10-8-18-9-11-21)14(2)22(20-13)15-6-4-3-5-7-15;;/h3-7,18H,8-12H2,1-2H3,(H,19,23);2*1H. The van der Waals surface area contributed by atoms with Crippen LogP contribution in [0.1, 0.15) is 11.4 Å². The molecule has 2 N–H and O–H groups in total. The number of carbonyl (C=O) groups is 1. The number of aryl methyl sites for hydroxylation is 1. The maximum absolute atomic E-state index is 12.3. The second-order valence-electron chi connectivity index (χ2n) is 5.87. The number of piperazine rings is 1. The fourth-order valence-electron chi connectivity index (χ4n) is 2.90. The monoisotopic (exact) mass is 385 g/mol. The maximum atomic E-state index is 12.3. The topological polar surface area (TPSA) is 62.2 Å². The van der Waals surface area contributed by atoms with Crippen LogP contribution in [0.2, 0.25) is 0 Å². The predicted molar refractivity (Wildman–Crippen MR) is 105 cm³/mol. The Labute approximate surface area is 160 Å². The normalized spacial score (nSPS) is 14.3. The van der Waals surface area contributed by atoms with Gasteiger partial charge >= 0.3 is 0 Å². The van der Waals surface area contributed by atoms with Gasteiger partial charge in [0.1, 0.15) is 0 Å². The second kappa shape index (κ2) is 9.77. The zero-order valence-electron chi connectivity index (χ0n) is 14.5. The van der Waals surface area contributed by atoms with Crippen LogP contribution < -0.4 is 10.6 Å². The van der Waals surface area contributed by atoms with Crippen LogP contribution in [0.25, 0.3) is 5.69 Å². The molecule has 1 aliphatic heterocycles. The van der Waals surface area contributed by atoms with Gasteiger partial charge in [-0.15, -0.1) is 24.8 Å². The molecule has 0 atom stereocenters. The van der Waals surface area contributed by atoms with Crippen molar-refractivity contribution in [2.45, 2.75) is 13.8 Å². The fraction of sp³-hybridized carbons (Fsp3) is 0.412. The zero-order chi connectivity index (χ0) is 16.2. The molecule has 0 unspecified atom stereocenters. The Bertz CT molecular complexity index is 684. The van der Waals surface area contributed by atoms with Crippen LogP contribution in [-0.4, -0.2) is 53.3 Å². The lowest BCUT2D eigenvalue weighted by Gasteiger charge is -2.26. The predicted octanol–water partition coefficient (Wildman–Crippen LogP) is 2.18. The minimum atomic E-state index is 0. The van der Waals surface area contributed by atoms with Crippen molar-refractivity contribution in [3.63, 3.8) is 0 Å². The molecule has 2 heterocycles. The van der Waals surface area contributed by atoms with Crippen molar-refractivity contribution in [3.8, 4) is 5.69 Å². The Morgan fingerprint density at radius 1 is 1.16 bits per heavy atom. The number of anilines is 1. The molecule has 1 saturated heterocycles. The van der Waals surface area contributed by atoms with Crippen molar-refractivity contribution in [1.29, 1.82) is 0 Å². The summed E-state index contributed by atoms with van der Waals surface area (Å²) in [4.78, 5) is 14.5. The van der Waals surface area contributed by atoms with Gasteiger partial charge in [0, 0.05) is 26.2 Å². The molecular weight excluding hydrogens is 361 g/mol. The molecule has 6 nitrogen and oxygen atoms in total. The second-order valence-corrected chi connectivity index (χ2v) is 5.87. The van der Waals surface area contributed by atoms with Crippen LogP contribution in [0.4, 0.5) is 5.69 Å². The summed E-state index contributed by atoms with van der Waals surface area (Å²) in [7, 11) is 0. The molecule has 1 aromatic carbocycles. The van der Waals surface area contributed by atoms with Gasteiger partial charge < -0.3 is 10.6 Å². The number of benzene rings is 1. The average molecular weight is 386 g/mol. The third-order valence-corrected chi connectivity index (χ3v) is 4.13. The van der Waals surface area contributed by atoms with Gasteiger partial charge in [-0.2, -0.15) is 5.10 Å². The molecule has 8 heteroatoms. The van der Waals surface area contributed by atoms with Gasteiger partial charge in [0.05, 0.1) is 29.3 Å². The number of amides is 1. The van der Waals surface area contributed by atoms with Gasteiger partial charge in [-0.25, -0.2) is 4.68 Å². The fourth-order valence-corrected chi connectivity index (χ4v) is 2.90. The smallest absolute Gasteiger partial charge is 0.238 e. The highest BCUT2D eigenvalue weighted by Gasteiger charge is 2.18. The van der Waals surface area contributed by atoms with E-state index < -0.39 is 0 Å². The largest absolute Gasteiger partial charge is 0.322 e. The number of para-hydroxylation sites is 1. The lowest BCUT2D eigenvalue weighted by molar-refractivity contribution is -0.117. The number of carbonyl (C=O) groups excluding carboxylic acids is 1. The van der Waals surface area contributed by atoms with Crippen molar-refractivity contribution in [2.24, 2.45) is 0 Å². The molecule has 1 fully saturated rings. The minimum Gasteiger partial charge on any atom is -0.322 e. The Morgan fingerprint density at radius 3 is 2.44 bits per heavy atom. The van der Waals surface area contributed by atoms with E-state index in [1.165, 1.54) is 0 Å². The van der Waals surface area contributed by atoms with E-state index >= 15 is 0 Å². The van der Waals surface area contributed by atoms with Gasteiger partial charge in [-0.05, 0) is 26.0 Å². The quantitative estimate of drug-likeness (QED) is 0.846.